The average Bonchev–Trinajstić information content (AvgIpc) is 2.66. The number of hydrogen-bond acceptors (Lipinski definition) is 2. The predicted octanol–water partition coefficient (Wildman–Crippen LogP) is 5.78. The van der Waals surface area contributed by atoms with E-state index < -0.39 is 0 Å². The molecular formula is C23H21NO. The molecule has 3 aromatic carbocycles. The van der Waals surface area contributed by atoms with Crippen molar-refractivity contribution in [2.45, 2.75) is 13.8 Å². The predicted molar refractivity (Wildman–Crippen MR) is 105 cm³/mol. The van der Waals surface area contributed by atoms with E-state index in [9.17, 15) is 4.79 Å². The van der Waals surface area contributed by atoms with Crippen LogP contribution in [-0.4, -0.2) is 5.78 Å². The molecule has 0 radical (unpaired) electrons. The summed E-state index contributed by atoms with van der Waals surface area (Å²) in [7, 11) is 0. The molecule has 0 heterocycles. The summed E-state index contributed by atoms with van der Waals surface area (Å²) in [5.74, 6) is -0.0163. The molecule has 2 nitrogen and oxygen atoms in total. The molecule has 3 aromatic rings. The third-order valence-electron chi connectivity index (χ3n) is 4.35. The van der Waals surface area contributed by atoms with Gasteiger partial charge in [-0.1, -0.05) is 66.7 Å². The molecule has 0 atom stereocenters. The Balaban J connectivity index is 1.68. The molecule has 0 aliphatic rings. The molecule has 0 aromatic heterocycles. The van der Waals surface area contributed by atoms with Gasteiger partial charge in [-0.25, -0.2) is 0 Å². The van der Waals surface area contributed by atoms with Crippen LogP contribution in [0.4, 0.5) is 5.69 Å². The molecule has 0 aliphatic heterocycles. The van der Waals surface area contributed by atoms with E-state index in [1.807, 2.05) is 54.6 Å². The molecule has 25 heavy (non-hydrogen) atoms. The molecule has 2 heteroatoms. The highest BCUT2D eigenvalue weighted by molar-refractivity contribution is 6.04. The quantitative estimate of drug-likeness (QED) is 0.475. The number of carbonyl (C=O) groups excluding carboxylic acids is 1. The largest absolute Gasteiger partial charge is 0.361 e. The first-order valence-corrected chi connectivity index (χ1v) is 8.34. The van der Waals surface area contributed by atoms with Gasteiger partial charge in [0.05, 0.1) is 0 Å². The standard InChI is InChI=1S/C23H21NO/c1-17-7-6-10-22(18(17)2)24-16-15-23(25)21-13-11-20(12-14-21)19-8-4-3-5-9-19/h3-16,24H,1-2H3/b16-15+. The van der Waals surface area contributed by atoms with Gasteiger partial charge in [0.1, 0.15) is 0 Å². The molecule has 0 saturated heterocycles. The molecule has 0 saturated carbocycles. The minimum atomic E-state index is -0.0163. The van der Waals surface area contributed by atoms with Crippen molar-refractivity contribution in [2.75, 3.05) is 5.32 Å². The molecule has 0 aliphatic carbocycles. The Morgan fingerprint density at radius 3 is 2.20 bits per heavy atom. The number of allylic oxidation sites excluding steroid dienone is 1. The van der Waals surface area contributed by atoms with Crippen LogP contribution in [0, 0.1) is 13.8 Å². The van der Waals surface area contributed by atoms with Crippen molar-refractivity contribution in [1.29, 1.82) is 0 Å². The number of ketones is 1. The minimum absolute atomic E-state index is 0.0163. The normalized spacial score (nSPS) is 10.8. The summed E-state index contributed by atoms with van der Waals surface area (Å²) < 4.78 is 0. The van der Waals surface area contributed by atoms with Gasteiger partial charge in [0.2, 0.25) is 0 Å². The zero-order valence-electron chi connectivity index (χ0n) is 14.5. The lowest BCUT2D eigenvalue weighted by Gasteiger charge is -2.07. The molecule has 0 fully saturated rings. The first kappa shape index (κ1) is 16.7. The molecular weight excluding hydrogens is 306 g/mol. The Morgan fingerprint density at radius 1 is 0.800 bits per heavy atom. The first-order valence-electron chi connectivity index (χ1n) is 8.34. The van der Waals surface area contributed by atoms with E-state index in [1.54, 1.807) is 12.3 Å². The van der Waals surface area contributed by atoms with Crippen LogP contribution in [0.2, 0.25) is 0 Å². The fourth-order valence-corrected chi connectivity index (χ4v) is 2.67. The summed E-state index contributed by atoms with van der Waals surface area (Å²) in [4.78, 5) is 12.3. The number of hydrogen-bond donors (Lipinski definition) is 1. The Labute approximate surface area is 148 Å². The van der Waals surface area contributed by atoms with Crippen LogP contribution in [0.5, 0.6) is 0 Å². The van der Waals surface area contributed by atoms with E-state index in [4.69, 9.17) is 0 Å². The fraction of sp³-hybridized carbons (Fsp3) is 0.0870. The maximum absolute atomic E-state index is 12.3. The number of aryl methyl sites for hydroxylation is 1. The van der Waals surface area contributed by atoms with Gasteiger partial charge in [0.15, 0.2) is 5.78 Å². The SMILES string of the molecule is Cc1cccc(N/C=C/C(=O)c2ccc(-c3ccccc3)cc2)c1C. The number of benzene rings is 3. The van der Waals surface area contributed by atoms with Gasteiger partial charge in [-0.15, -0.1) is 0 Å². The lowest BCUT2D eigenvalue weighted by Crippen LogP contribution is -1.97. The fourth-order valence-electron chi connectivity index (χ4n) is 2.67. The highest BCUT2D eigenvalue weighted by Gasteiger charge is 2.03. The second-order valence-electron chi connectivity index (χ2n) is 6.03. The lowest BCUT2D eigenvalue weighted by molar-refractivity contribution is 0.104. The first-order chi connectivity index (χ1) is 12.1. The number of rotatable bonds is 5. The Hall–Kier alpha value is -3.13. The zero-order chi connectivity index (χ0) is 17.6. The molecule has 0 unspecified atom stereocenters. The van der Waals surface area contributed by atoms with E-state index in [-0.39, 0.29) is 5.78 Å². The summed E-state index contributed by atoms with van der Waals surface area (Å²) in [5, 5.41) is 3.19. The van der Waals surface area contributed by atoms with Crippen LogP contribution >= 0.6 is 0 Å². The van der Waals surface area contributed by atoms with Gasteiger partial charge in [0.25, 0.3) is 0 Å². The topological polar surface area (TPSA) is 29.1 Å². The summed E-state index contributed by atoms with van der Waals surface area (Å²) in [5.41, 5.74) is 6.36. The van der Waals surface area contributed by atoms with Crippen LogP contribution in [0.25, 0.3) is 11.1 Å². The molecule has 0 spiro atoms. The van der Waals surface area contributed by atoms with Gasteiger partial charge in [0, 0.05) is 23.5 Å². The van der Waals surface area contributed by atoms with Crippen LogP contribution in [0.15, 0.2) is 85.1 Å². The minimum Gasteiger partial charge on any atom is -0.361 e. The summed E-state index contributed by atoms with van der Waals surface area (Å²) in [6, 6.07) is 23.9. The second-order valence-corrected chi connectivity index (χ2v) is 6.03. The van der Waals surface area contributed by atoms with Crippen LogP contribution in [0.3, 0.4) is 0 Å². The Kier molecular flexibility index (Phi) is 5.10. The molecule has 3 rings (SSSR count). The lowest BCUT2D eigenvalue weighted by atomic mass is 10.0. The van der Waals surface area contributed by atoms with Gasteiger partial charge in [-0.2, -0.15) is 0 Å². The molecule has 1 N–H and O–H groups in total. The smallest absolute Gasteiger partial charge is 0.187 e. The van der Waals surface area contributed by atoms with Crippen LogP contribution in [-0.2, 0) is 0 Å². The van der Waals surface area contributed by atoms with Crippen LogP contribution in [0.1, 0.15) is 21.5 Å². The highest BCUT2D eigenvalue weighted by Crippen LogP contribution is 2.20. The van der Waals surface area contributed by atoms with Crippen molar-refractivity contribution < 1.29 is 4.79 Å². The van der Waals surface area contributed by atoms with E-state index >= 15 is 0 Å². The second kappa shape index (κ2) is 7.63. The Bertz CT molecular complexity index is 893. The zero-order valence-corrected chi connectivity index (χ0v) is 14.5. The maximum atomic E-state index is 12.3. The number of anilines is 1. The maximum Gasteiger partial charge on any atom is 0.187 e. The molecule has 0 bridgehead atoms. The van der Waals surface area contributed by atoms with Crippen molar-refractivity contribution >= 4 is 11.5 Å². The van der Waals surface area contributed by atoms with E-state index in [1.165, 1.54) is 11.1 Å². The number of carbonyl (C=O) groups is 1. The third kappa shape index (κ3) is 4.04. The summed E-state index contributed by atoms with van der Waals surface area (Å²) >= 11 is 0. The van der Waals surface area contributed by atoms with E-state index in [2.05, 4.69) is 37.4 Å². The van der Waals surface area contributed by atoms with Crippen molar-refractivity contribution in [3.8, 4) is 11.1 Å². The summed E-state index contributed by atoms with van der Waals surface area (Å²) in [6.45, 7) is 4.14. The van der Waals surface area contributed by atoms with Crippen molar-refractivity contribution in [3.63, 3.8) is 0 Å². The van der Waals surface area contributed by atoms with Crippen LogP contribution < -0.4 is 5.32 Å². The third-order valence-corrected chi connectivity index (χ3v) is 4.35. The monoisotopic (exact) mass is 327 g/mol. The number of nitrogens with one attached hydrogen (secondary N) is 1. The summed E-state index contributed by atoms with van der Waals surface area (Å²) in [6.07, 6.45) is 3.27. The van der Waals surface area contributed by atoms with Gasteiger partial charge >= 0.3 is 0 Å². The van der Waals surface area contributed by atoms with Gasteiger partial charge in [-0.3, -0.25) is 4.79 Å². The Morgan fingerprint density at radius 2 is 1.48 bits per heavy atom. The van der Waals surface area contributed by atoms with Gasteiger partial charge in [-0.05, 0) is 42.2 Å². The highest BCUT2D eigenvalue weighted by atomic mass is 16.1. The average molecular weight is 327 g/mol. The van der Waals surface area contributed by atoms with Crippen molar-refractivity contribution in [1.82, 2.24) is 0 Å². The van der Waals surface area contributed by atoms with E-state index in [0.29, 0.717) is 5.56 Å². The van der Waals surface area contributed by atoms with Crippen molar-refractivity contribution in [3.05, 3.63) is 102 Å². The van der Waals surface area contributed by atoms with Crippen molar-refractivity contribution in [2.24, 2.45) is 0 Å². The molecule has 0 amide bonds. The molecule has 124 valence electrons. The van der Waals surface area contributed by atoms with Gasteiger partial charge < -0.3 is 5.32 Å². The van der Waals surface area contributed by atoms with E-state index in [0.717, 1.165) is 16.8 Å².